The van der Waals surface area contributed by atoms with Gasteiger partial charge < -0.3 is 15.1 Å². The number of para-hydroxylation sites is 1. The molecule has 0 radical (unpaired) electrons. The molecule has 9 heteroatoms. The van der Waals surface area contributed by atoms with Gasteiger partial charge in [0.05, 0.1) is 18.1 Å². The van der Waals surface area contributed by atoms with Gasteiger partial charge in [0.1, 0.15) is 10.6 Å². The van der Waals surface area contributed by atoms with Gasteiger partial charge in [0.25, 0.3) is 10.1 Å². The number of anilines is 1. The number of amides is 1. The van der Waals surface area contributed by atoms with Crippen molar-refractivity contribution in [2.24, 2.45) is 5.92 Å². The van der Waals surface area contributed by atoms with Crippen LogP contribution in [0, 0.1) is 5.92 Å². The van der Waals surface area contributed by atoms with Gasteiger partial charge in [0.2, 0.25) is 5.91 Å². The number of hydrogen-bond acceptors (Lipinski definition) is 5. The van der Waals surface area contributed by atoms with E-state index in [9.17, 15) is 28.0 Å². The van der Waals surface area contributed by atoms with E-state index in [1.54, 1.807) is 53.4 Å². The molecule has 0 aromatic heterocycles. The lowest BCUT2D eigenvalue weighted by molar-refractivity contribution is -0.131. The summed E-state index contributed by atoms with van der Waals surface area (Å²) in [7, 11) is -4.48. The Morgan fingerprint density at radius 2 is 1.56 bits per heavy atom. The van der Waals surface area contributed by atoms with Crippen molar-refractivity contribution in [2.45, 2.75) is 29.9 Å². The van der Waals surface area contributed by atoms with Crippen molar-refractivity contribution in [3.8, 4) is 16.9 Å². The molecule has 0 saturated carbocycles. The van der Waals surface area contributed by atoms with Crippen molar-refractivity contribution >= 4 is 33.3 Å². The molecule has 0 aliphatic carbocycles. The van der Waals surface area contributed by atoms with Crippen molar-refractivity contribution in [1.29, 1.82) is 0 Å². The fourth-order valence-electron chi connectivity index (χ4n) is 5.19. The number of nitrogens with zero attached hydrogens (tertiary/aromatic N) is 1. The van der Waals surface area contributed by atoms with Gasteiger partial charge in [-0.1, -0.05) is 78.3 Å². The minimum Gasteiger partial charge on any atom is -0.508 e. The van der Waals surface area contributed by atoms with E-state index in [0.717, 1.165) is 0 Å². The molecule has 0 spiro atoms. The molecular weight excluding hydrogens is 538 g/mol. The quantitative estimate of drug-likeness (QED) is 0.174. The molecular formula is C30H26ClNO6S. The fraction of sp³-hybridized carbons (Fsp3) is 0.167. The third kappa shape index (κ3) is 5.29. The zero-order chi connectivity index (χ0) is 27.7. The average molecular weight is 564 g/mol. The number of halogens is 1. The molecule has 1 fully saturated rings. The van der Waals surface area contributed by atoms with E-state index in [2.05, 4.69) is 0 Å². The molecule has 1 aliphatic rings. The minimum atomic E-state index is -4.48. The van der Waals surface area contributed by atoms with Gasteiger partial charge in [-0.05, 0) is 54.3 Å². The number of phenolic OH excluding ortho intramolecular Hbond substituents is 1. The van der Waals surface area contributed by atoms with Crippen LogP contribution in [0.5, 0.6) is 5.75 Å². The van der Waals surface area contributed by atoms with Gasteiger partial charge in [0, 0.05) is 21.8 Å². The first-order chi connectivity index (χ1) is 18.7. The maximum Gasteiger partial charge on any atom is 0.295 e. The summed E-state index contributed by atoms with van der Waals surface area (Å²) in [5, 5.41) is 22.4. The number of carbonyl (C=O) groups excluding carboxylic acids is 1. The van der Waals surface area contributed by atoms with Crippen molar-refractivity contribution in [3.63, 3.8) is 0 Å². The summed E-state index contributed by atoms with van der Waals surface area (Å²) in [4.78, 5) is 14.7. The highest BCUT2D eigenvalue weighted by molar-refractivity contribution is 7.86. The van der Waals surface area contributed by atoms with E-state index in [0.29, 0.717) is 40.2 Å². The van der Waals surface area contributed by atoms with Gasteiger partial charge in [-0.25, -0.2) is 0 Å². The summed E-state index contributed by atoms with van der Waals surface area (Å²) < 4.78 is 33.4. The van der Waals surface area contributed by atoms with Gasteiger partial charge in [-0.3, -0.25) is 9.35 Å². The fourth-order valence-corrected chi connectivity index (χ4v) is 6.17. The highest BCUT2D eigenvalue weighted by Gasteiger charge is 2.49. The first kappa shape index (κ1) is 26.9. The largest absolute Gasteiger partial charge is 0.508 e. The van der Waals surface area contributed by atoms with Gasteiger partial charge in [-0.15, -0.1) is 0 Å². The van der Waals surface area contributed by atoms with E-state index in [4.69, 9.17) is 11.6 Å². The van der Waals surface area contributed by atoms with Crippen LogP contribution < -0.4 is 4.90 Å². The Labute approximate surface area is 231 Å². The number of hydrogen-bond donors (Lipinski definition) is 3. The second kappa shape index (κ2) is 10.8. The average Bonchev–Trinajstić information content (AvgIpc) is 2.92. The number of phenols is 1. The molecule has 200 valence electrons. The first-order valence-corrected chi connectivity index (χ1v) is 14.2. The molecule has 0 bridgehead atoms. The number of aliphatic hydroxyl groups is 1. The molecule has 4 aromatic carbocycles. The van der Waals surface area contributed by atoms with E-state index in [1.807, 2.05) is 30.3 Å². The second-order valence-electron chi connectivity index (χ2n) is 9.45. The summed E-state index contributed by atoms with van der Waals surface area (Å²) >= 11 is 6.24. The number of β-lactam (4-membered cyclic amide) rings is 1. The van der Waals surface area contributed by atoms with Crippen molar-refractivity contribution < 1.29 is 28.0 Å². The topological polar surface area (TPSA) is 115 Å². The standard InChI is InChI=1S/C30H26ClNO6S/c31-25-12-6-4-11-22(25)26(33)17-16-24-29(32(30(24)35)20-8-2-1-3-9-20)23-15-14-19(18-27(23)34)21-10-5-7-13-28(21)39(36,37)38/h1-15,18,24,26,29,33-34H,16-17H2,(H,36,37,38). The molecule has 4 aromatic rings. The molecule has 5 rings (SSSR count). The Balaban J connectivity index is 1.48. The number of benzene rings is 4. The summed E-state index contributed by atoms with van der Waals surface area (Å²) in [5.41, 5.74) is 2.39. The molecule has 7 nitrogen and oxygen atoms in total. The summed E-state index contributed by atoms with van der Waals surface area (Å²) in [5.74, 6) is -0.755. The molecule has 1 amide bonds. The summed E-state index contributed by atoms with van der Waals surface area (Å²) in [6, 6.07) is 26.3. The molecule has 1 saturated heterocycles. The van der Waals surface area contributed by atoms with Crippen LogP contribution in [0.15, 0.2) is 102 Å². The number of aromatic hydroxyl groups is 1. The van der Waals surface area contributed by atoms with Crippen LogP contribution in [-0.2, 0) is 14.9 Å². The SMILES string of the molecule is O=C1C(CCC(O)c2ccccc2Cl)C(c2ccc(-c3ccccc3S(=O)(=O)O)cc2O)N1c1ccccc1. The van der Waals surface area contributed by atoms with Crippen LogP contribution in [0.3, 0.4) is 0 Å². The van der Waals surface area contributed by atoms with Crippen molar-refractivity contribution in [2.75, 3.05) is 4.90 Å². The Kier molecular flexibility index (Phi) is 7.46. The first-order valence-electron chi connectivity index (χ1n) is 12.4. The molecule has 3 N–H and O–H groups in total. The normalized spacial score (nSPS) is 18.0. The van der Waals surface area contributed by atoms with Crippen LogP contribution in [0.2, 0.25) is 5.02 Å². The Hall–Kier alpha value is -3.69. The summed E-state index contributed by atoms with van der Waals surface area (Å²) in [6.07, 6.45) is -0.211. The molecule has 1 heterocycles. The zero-order valence-electron chi connectivity index (χ0n) is 20.7. The predicted molar refractivity (Wildman–Crippen MR) is 149 cm³/mol. The van der Waals surface area contributed by atoms with Gasteiger partial charge >= 0.3 is 0 Å². The van der Waals surface area contributed by atoms with Crippen LogP contribution >= 0.6 is 11.6 Å². The smallest absolute Gasteiger partial charge is 0.295 e. The number of aliphatic hydroxyl groups excluding tert-OH is 1. The van der Waals surface area contributed by atoms with E-state index in [1.165, 1.54) is 18.2 Å². The monoisotopic (exact) mass is 563 g/mol. The third-order valence-electron chi connectivity index (χ3n) is 7.09. The maximum atomic E-state index is 13.4. The number of rotatable bonds is 8. The maximum absolute atomic E-state index is 13.4. The van der Waals surface area contributed by atoms with E-state index < -0.39 is 28.2 Å². The highest BCUT2D eigenvalue weighted by Crippen LogP contribution is 2.49. The summed E-state index contributed by atoms with van der Waals surface area (Å²) in [6.45, 7) is 0. The second-order valence-corrected chi connectivity index (χ2v) is 11.3. The lowest BCUT2D eigenvalue weighted by atomic mass is 9.77. The predicted octanol–water partition coefficient (Wildman–Crippen LogP) is 6.18. The molecule has 3 atom stereocenters. The van der Waals surface area contributed by atoms with Crippen LogP contribution in [-0.4, -0.2) is 29.1 Å². The zero-order valence-corrected chi connectivity index (χ0v) is 22.3. The van der Waals surface area contributed by atoms with E-state index >= 15 is 0 Å². The third-order valence-corrected chi connectivity index (χ3v) is 8.34. The Bertz CT molecular complexity index is 1630. The lowest BCUT2D eigenvalue weighted by Gasteiger charge is -2.48. The Morgan fingerprint density at radius 3 is 2.26 bits per heavy atom. The minimum absolute atomic E-state index is 0.118. The van der Waals surface area contributed by atoms with Gasteiger partial charge in [-0.2, -0.15) is 8.42 Å². The van der Waals surface area contributed by atoms with Crippen LogP contribution in [0.1, 0.15) is 36.1 Å². The lowest BCUT2D eigenvalue weighted by Crippen LogP contribution is -2.55. The van der Waals surface area contributed by atoms with Crippen molar-refractivity contribution in [3.05, 3.63) is 113 Å². The van der Waals surface area contributed by atoms with E-state index in [-0.39, 0.29) is 22.1 Å². The van der Waals surface area contributed by atoms with Crippen LogP contribution in [0.4, 0.5) is 5.69 Å². The van der Waals surface area contributed by atoms with Crippen LogP contribution in [0.25, 0.3) is 11.1 Å². The molecule has 1 aliphatic heterocycles. The van der Waals surface area contributed by atoms with Crippen molar-refractivity contribution in [1.82, 2.24) is 0 Å². The highest BCUT2D eigenvalue weighted by atomic mass is 35.5. The van der Waals surface area contributed by atoms with Gasteiger partial charge in [0.15, 0.2) is 0 Å². The molecule has 3 unspecified atom stereocenters. The number of carbonyl (C=O) groups is 1. The Morgan fingerprint density at radius 1 is 0.897 bits per heavy atom. The molecule has 39 heavy (non-hydrogen) atoms.